The number of nitrogens with one attached hydrogen (secondary N) is 1. The highest BCUT2D eigenvalue weighted by Gasteiger charge is 2.31. The molecule has 0 radical (unpaired) electrons. The molecule has 2 fully saturated rings. The molecule has 98 valence electrons. The Morgan fingerprint density at radius 2 is 2.12 bits per heavy atom. The zero-order chi connectivity index (χ0) is 12.3. The van der Waals surface area contributed by atoms with Crippen molar-refractivity contribution in [3.8, 4) is 0 Å². The van der Waals surface area contributed by atoms with E-state index in [2.05, 4.69) is 12.2 Å². The summed E-state index contributed by atoms with van der Waals surface area (Å²) >= 11 is 0. The van der Waals surface area contributed by atoms with Gasteiger partial charge in [0, 0.05) is 19.2 Å². The first-order chi connectivity index (χ1) is 8.18. The average Bonchev–Trinajstić information content (AvgIpc) is 2.74. The van der Waals surface area contributed by atoms with Gasteiger partial charge in [-0.05, 0) is 31.1 Å². The van der Waals surface area contributed by atoms with Crippen LogP contribution >= 0.6 is 0 Å². The van der Waals surface area contributed by atoms with Gasteiger partial charge in [-0.15, -0.1) is 0 Å². The number of nitrogens with two attached hydrogens (primary N) is 1. The van der Waals surface area contributed by atoms with Crippen molar-refractivity contribution in [3.63, 3.8) is 0 Å². The smallest absolute Gasteiger partial charge is 0.249 e. The van der Waals surface area contributed by atoms with E-state index in [9.17, 15) is 4.79 Å². The first-order valence-electron chi connectivity index (χ1n) is 6.83. The van der Waals surface area contributed by atoms with Crippen LogP contribution in [0.2, 0.25) is 0 Å². The highest BCUT2D eigenvalue weighted by atomic mass is 16.5. The molecule has 1 heterocycles. The third kappa shape index (κ3) is 3.19. The maximum atomic E-state index is 11.9. The second kappa shape index (κ2) is 5.83. The van der Waals surface area contributed by atoms with Crippen molar-refractivity contribution in [1.82, 2.24) is 5.32 Å². The fourth-order valence-corrected chi connectivity index (χ4v) is 2.85. The predicted molar refractivity (Wildman–Crippen MR) is 66.5 cm³/mol. The maximum absolute atomic E-state index is 11.9. The molecule has 3 N–H and O–H groups in total. The Labute approximate surface area is 103 Å². The molecule has 1 aliphatic heterocycles. The van der Waals surface area contributed by atoms with Gasteiger partial charge in [-0.2, -0.15) is 0 Å². The Bertz CT molecular complexity index is 270. The van der Waals surface area contributed by atoms with Gasteiger partial charge < -0.3 is 15.8 Å². The predicted octanol–water partition coefficient (Wildman–Crippen LogP) is 1.05. The van der Waals surface area contributed by atoms with E-state index in [4.69, 9.17) is 10.5 Å². The summed E-state index contributed by atoms with van der Waals surface area (Å²) in [5.41, 5.74) is 6.06. The number of amides is 1. The lowest BCUT2D eigenvalue weighted by Crippen LogP contribution is -2.44. The molecule has 0 aromatic carbocycles. The number of carbonyl (C=O) groups excluding carboxylic acids is 1. The van der Waals surface area contributed by atoms with Crippen molar-refractivity contribution in [1.29, 1.82) is 0 Å². The number of ether oxygens (including phenoxy) is 1. The molecule has 1 aliphatic carbocycles. The molecule has 0 spiro atoms. The van der Waals surface area contributed by atoms with E-state index < -0.39 is 0 Å². The topological polar surface area (TPSA) is 64.3 Å². The molecule has 0 aromatic rings. The molecule has 0 aromatic heterocycles. The van der Waals surface area contributed by atoms with Crippen LogP contribution in [0.1, 0.15) is 39.0 Å². The third-order valence-corrected chi connectivity index (χ3v) is 4.15. The zero-order valence-corrected chi connectivity index (χ0v) is 10.7. The van der Waals surface area contributed by atoms with Crippen molar-refractivity contribution < 1.29 is 9.53 Å². The Morgan fingerprint density at radius 3 is 2.76 bits per heavy atom. The van der Waals surface area contributed by atoms with Gasteiger partial charge in [0.15, 0.2) is 0 Å². The van der Waals surface area contributed by atoms with E-state index in [1.54, 1.807) is 0 Å². The lowest BCUT2D eigenvalue weighted by atomic mass is 9.85. The summed E-state index contributed by atoms with van der Waals surface area (Å²) in [7, 11) is 0. The fraction of sp³-hybridized carbons (Fsp3) is 0.923. The molecular formula is C13H24N2O2. The van der Waals surface area contributed by atoms with Crippen LogP contribution in [0.15, 0.2) is 0 Å². The van der Waals surface area contributed by atoms with Crippen LogP contribution in [-0.2, 0) is 9.53 Å². The Hall–Kier alpha value is -0.610. The molecule has 4 unspecified atom stereocenters. The monoisotopic (exact) mass is 240 g/mol. The second-order valence-electron chi connectivity index (χ2n) is 5.51. The molecule has 4 heteroatoms. The number of rotatable bonds is 3. The Morgan fingerprint density at radius 1 is 1.35 bits per heavy atom. The van der Waals surface area contributed by atoms with E-state index in [1.807, 2.05) is 0 Å². The molecule has 17 heavy (non-hydrogen) atoms. The van der Waals surface area contributed by atoms with Gasteiger partial charge in [-0.1, -0.05) is 19.8 Å². The third-order valence-electron chi connectivity index (χ3n) is 4.15. The van der Waals surface area contributed by atoms with E-state index in [0.717, 1.165) is 19.3 Å². The van der Waals surface area contributed by atoms with Gasteiger partial charge in [0.05, 0.1) is 0 Å². The van der Waals surface area contributed by atoms with Gasteiger partial charge in [0.25, 0.3) is 0 Å². The summed E-state index contributed by atoms with van der Waals surface area (Å²) in [6, 6.07) is 0.256. The summed E-state index contributed by atoms with van der Waals surface area (Å²) in [4.78, 5) is 11.9. The van der Waals surface area contributed by atoms with Crippen LogP contribution in [-0.4, -0.2) is 31.2 Å². The van der Waals surface area contributed by atoms with Crippen molar-refractivity contribution in [2.24, 2.45) is 17.6 Å². The standard InChI is InChI=1S/C13H24N2O2/c1-9-6-7-17-12(9)13(16)15-8-10-4-2-3-5-11(10)14/h9-12H,2-8,14H2,1H3,(H,15,16). The molecule has 0 bridgehead atoms. The lowest BCUT2D eigenvalue weighted by molar-refractivity contribution is -0.131. The quantitative estimate of drug-likeness (QED) is 0.775. The summed E-state index contributed by atoms with van der Waals surface area (Å²) in [6.07, 6.45) is 5.45. The summed E-state index contributed by atoms with van der Waals surface area (Å²) in [6.45, 7) is 3.50. The average molecular weight is 240 g/mol. The number of hydrogen-bond acceptors (Lipinski definition) is 3. The van der Waals surface area contributed by atoms with Gasteiger partial charge in [-0.25, -0.2) is 0 Å². The van der Waals surface area contributed by atoms with Crippen LogP contribution < -0.4 is 11.1 Å². The van der Waals surface area contributed by atoms with Crippen molar-refractivity contribution in [2.75, 3.05) is 13.2 Å². The summed E-state index contributed by atoms with van der Waals surface area (Å²) in [5.74, 6) is 0.840. The van der Waals surface area contributed by atoms with Gasteiger partial charge in [0.2, 0.25) is 5.91 Å². The minimum Gasteiger partial charge on any atom is -0.368 e. The summed E-state index contributed by atoms with van der Waals surface area (Å²) in [5, 5.41) is 3.01. The molecular weight excluding hydrogens is 216 g/mol. The van der Waals surface area contributed by atoms with E-state index in [-0.39, 0.29) is 18.1 Å². The van der Waals surface area contributed by atoms with Crippen molar-refractivity contribution in [3.05, 3.63) is 0 Å². The van der Waals surface area contributed by atoms with Crippen LogP contribution in [0, 0.1) is 11.8 Å². The van der Waals surface area contributed by atoms with Crippen molar-refractivity contribution in [2.45, 2.75) is 51.2 Å². The summed E-state index contributed by atoms with van der Waals surface area (Å²) < 4.78 is 5.45. The highest BCUT2D eigenvalue weighted by Crippen LogP contribution is 2.23. The lowest BCUT2D eigenvalue weighted by Gasteiger charge is -2.29. The van der Waals surface area contributed by atoms with E-state index in [1.165, 1.54) is 12.8 Å². The first-order valence-corrected chi connectivity index (χ1v) is 6.83. The zero-order valence-electron chi connectivity index (χ0n) is 10.7. The fourth-order valence-electron chi connectivity index (χ4n) is 2.85. The maximum Gasteiger partial charge on any atom is 0.249 e. The van der Waals surface area contributed by atoms with Crippen molar-refractivity contribution >= 4 is 5.91 Å². The highest BCUT2D eigenvalue weighted by molar-refractivity contribution is 5.81. The van der Waals surface area contributed by atoms with Crippen LogP contribution in [0.5, 0.6) is 0 Å². The van der Waals surface area contributed by atoms with Gasteiger partial charge in [-0.3, -0.25) is 4.79 Å². The van der Waals surface area contributed by atoms with Gasteiger partial charge >= 0.3 is 0 Å². The minimum absolute atomic E-state index is 0.0489. The minimum atomic E-state index is -0.241. The van der Waals surface area contributed by atoms with E-state index >= 15 is 0 Å². The largest absolute Gasteiger partial charge is 0.368 e. The number of hydrogen-bond donors (Lipinski definition) is 2. The normalized spacial score (nSPS) is 38.0. The Kier molecular flexibility index (Phi) is 4.40. The molecule has 4 nitrogen and oxygen atoms in total. The van der Waals surface area contributed by atoms with Crippen LogP contribution in [0.25, 0.3) is 0 Å². The molecule has 1 saturated heterocycles. The van der Waals surface area contributed by atoms with E-state index in [0.29, 0.717) is 25.0 Å². The second-order valence-corrected chi connectivity index (χ2v) is 5.51. The number of carbonyl (C=O) groups is 1. The molecule has 1 saturated carbocycles. The van der Waals surface area contributed by atoms with Crippen LogP contribution in [0.4, 0.5) is 0 Å². The molecule has 1 amide bonds. The first kappa shape index (κ1) is 12.8. The Balaban J connectivity index is 1.75. The molecule has 2 aliphatic rings. The van der Waals surface area contributed by atoms with Gasteiger partial charge in [0.1, 0.15) is 6.10 Å². The van der Waals surface area contributed by atoms with Crippen LogP contribution in [0.3, 0.4) is 0 Å². The molecule has 4 atom stereocenters. The SMILES string of the molecule is CC1CCOC1C(=O)NCC1CCCCC1N. The molecule has 2 rings (SSSR count).